The summed E-state index contributed by atoms with van der Waals surface area (Å²) in [5.74, 6) is 2.53. The Morgan fingerprint density at radius 2 is 1.65 bits per heavy atom. The second-order valence-corrected chi connectivity index (χ2v) is 6.33. The highest BCUT2D eigenvalue weighted by molar-refractivity contribution is 5.88. The molecule has 0 saturated heterocycles. The van der Waals surface area contributed by atoms with Crippen molar-refractivity contribution in [3.05, 3.63) is 66.2 Å². The zero-order chi connectivity index (χ0) is 18.4. The molecule has 1 atom stereocenters. The Labute approximate surface area is 155 Å². The molecule has 0 saturated carbocycles. The zero-order valence-corrected chi connectivity index (χ0v) is 15.7. The van der Waals surface area contributed by atoms with Crippen molar-refractivity contribution < 1.29 is 14.2 Å². The van der Waals surface area contributed by atoms with E-state index in [-0.39, 0.29) is 6.10 Å². The molecule has 0 amide bonds. The molecule has 0 aliphatic heterocycles. The Hall–Kier alpha value is -2.68. The van der Waals surface area contributed by atoms with Crippen molar-refractivity contribution in [2.45, 2.75) is 32.3 Å². The van der Waals surface area contributed by atoms with E-state index >= 15 is 0 Å². The van der Waals surface area contributed by atoms with Crippen LogP contribution in [-0.2, 0) is 0 Å². The summed E-state index contributed by atoms with van der Waals surface area (Å²) >= 11 is 0. The lowest BCUT2D eigenvalue weighted by molar-refractivity contribution is 0.189. The number of methoxy groups -OCH3 is 2. The van der Waals surface area contributed by atoms with Crippen LogP contribution in [0.3, 0.4) is 0 Å². The van der Waals surface area contributed by atoms with E-state index in [1.807, 2.05) is 42.5 Å². The van der Waals surface area contributed by atoms with Crippen LogP contribution < -0.4 is 14.2 Å². The zero-order valence-electron chi connectivity index (χ0n) is 15.7. The highest BCUT2D eigenvalue weighted by atomic mass is 16.5. The molecular formula is C23H26O3. The average molecular weight is 350 g/mol. The Bertz CT molecular complexity index is 852. The summed E-state index contributed by atoms with van der Waals surface area (Å²) in [6.45, 7) is 2.19. The molecule has 136 valence electrons. The van der Waals surface area contributed by atoms with Crippen LogP contribution in [0, 0.1) is 0 Å². The first-order chi connectivity index (χ1) is 12.8. The van der Waals surface area contributed by atoms with E-state index in [9.17, 15) is 0 Å². The van der Waals surface area contributed by atoms with Gasteiger partial charge in [0.2, 0.25) is 0 Å². The minimum Gasteiger partial charge on any atom is -0.497 e. The normalized spacial score (nSPS) is 12.0. The molecule has 1 unspecified atom stereocenters. The molecule has 0 heterocycles. The molecule has 3 nitrogen and oxygen atoms in total. The highest BCUT2D eigenvalue weighted by Gasteiger charge is 2.20. The van der Waals surface area contributed by atoms with Crippen LogP contribution in [0.25, 0.3) is 10.8 Å². The first-order valence-electron chi connectivity index (χ1n) is 9.13. The van der Waals surface area contributed by atoms with Crippen LogP contribution in [0.5, 0.6) is 17.2 Å². The molecule has 3 aromatic rings. The molecule has 0 aromatic heterocycles. The third-order valence-corrected chi connectivity index (χ3v) is 4.62. The van der Waals surface area contributed by atoms with Gasteiger partial charge in [0, 0.05) is 10.9 Å². The molecule has 0 aliphatic carbocycles. The van der Waals surface area contributed by atoms with Gasteiger partial charge < -0.3 is 14.2 Å². The fourth-order valence-electron chi connectivity index (χ4n) is 3.21. The van der Waals surface area contributed by atoms with Crippen LogP contribution in [0.2, 0.25) is 0 Å². The fourth-order valence-corrected chi connectivity index (χ4v) is 3.21. The summed E-state index contributed by atoms with van der Waals surface area (Å²) in [6, 6.07) is 20.4. The molecule has 0 bridgehead atoms. The van der Waals surface area contributed by atoms with Crippen molar-refractivity contribution in [2.75, 3.05) is 14.2 Å². The maximum Gasteiger partial charge on any atom is 0.128 e. The highest BCUT2D eigenvalue weighted by Crippen LogP contribution is 2.37. The molecule has 0 aliphatic rings. The molecule has 3 rings (SSSR count). The maximum absolute atomic E-state index is 6.52. The number of rotatable bonds is 8. The number of benzene rings is 3. The lowest BCUT2D eigenvalue weighted by atomic mass is 10.0. The van der Waals surface area contributed by atoms with E-state index in [1.165, 1.54) is 5.39 Å². The second-order valence-electron chi connectivity index (χ2n) is 6.33. The lowest BCUT2D eigenvalue weighted by Crippen LogP contribution is -2.10. The molecule has 3 aromatic carbocycles. The number of ether oxygens (including phenoxy) is 3. The van der Waals surface area contributed by atoms with Crippen LogP contribution in [0.4, 0.5) is 0 Å². The maximum atomic E-state index is 6.52. The predicted octanol–water partition coefficient (Wildman–Crippen LogP) is 6.17. The Morgan fingerprint density at radius 3 is 2.42 bits per heavy atom. The first kappa shape index (κ1) is 18.1. The molecule has 0 fully saturated rings. The smallest absolute Gasteiger partial charge is 0.128 e. The minimum atomic E-state index is -0.0918. The molecule has 0 N–H and O–H groups in total. The van der Waals surface area contributed by atoms with Gasteiger partial charge in [-0.25, -0.2) is 0 Å². The third-order valence-electron chi connectivity index (χ3n) is 4.62. The van der Waals surface area contributed by atoms with Crippen LogP contribution in [0.15, 0.2) is 60.7 Å². The number of unbranched alkanes of at least 4 members (excludes halogenated alkanes) is 1. The summed E-state index contributed by atoms with van der Waals surface area (Å²) in [7, 11) is 3.37. The molecule has 0 radical (unpaired) electrons. The average Bonchev–Trinajstić information content (AvgIpc) is 2.70. The second kappa shape index (κ2) is 8.61. The van der Waals surface area contributed by atoms with E-state index in [0.29, 0.717) is 0 Å². The van der Waals surface area contributed by atoms with Gasteiger partial charge in [0.05, 0.1) is 14.2 Å². The van der Waals surface area contributed by atoms with Crippen molar-refractivity contribution in [1.29, 1.82) is 0 Å². The predicted molar refractivity (Wildman–Crippen MR) is 106 cm³/mol. The Kier molecular flexibility index (Phi) is 6.00. The topological polar surface area (TPSA) is 27.7 Å². The third kappa shape index (κ3) is 3.93. The molecule has 3 heteroatoms. The first-order valence-corrected chi connectivity index (χ1v) is 9.13. The molecule has 0 spiro atoms. The molecular weight excluding hydrogens is 324 g/mol. The quantitative estimate of drug-likeness (QED) is 0.486. The Morgan fingerprint density at radius 1 is 0.846 bits per heavy atom. The van der Waals surface area contributed by atoms with Crippen LogP contribution in [-0.4, -0.2) is 14.2 Å². The van der Waals surface area contributed by atoms with E-state index < -0.39 is 0 Å². The van der Waals surface area contributed by atoms with Gasteiger partial charge in [-0.15, -0.1) is 0 Å². The number of hydrogen-bond donors (Lipinski definition) is 0. The molecule has 26 heavy (non-hydrogen) atoms. The van der Waals surface area contributed by atoms with E-state index in [0.717, 1.165) is 47.5 Å². The Balaban J connectivity index is 2.01. The largest absolute Gasteiger partial charge is 0.497 e. The summed E-state index contributed by atoms with van der Waals surface area (Å²) in [4.78, 5) is 0. The van der Waals surface area contributed by atoms with Gasteiger partial charge in [-0.2, -0.15) is 0 Å². The monoisotopic (exact) mass is 350 g/mol. The van der Waals surface area contributed by atoms with Crippen molar-refractivity contribution in [3.8, 4) is 17.2 Å². The van der Waals surface area contributed by atoms with Gasteiger partial charge in [0.15, 0.2) is 0 Å². The van der Waals surface area contributed by atoms with Crippen molar-refractivity contribution in [3.63, 3.8) is 0 Å². The van der Waals surface area contributed by atoms with Gasteiger partial charge in [-0.1, -0.05) is 49.7 Å². The van der Waals surface area contributed by atoms with Crippen molar-refractivity contribution >= 4 is 10.8 Å². The van der Waals surface area contributed by atoms with E-state index in [1.54, 1.807) is 14.2 Å². The summed E-state index contributed by atoms with van der Waals surface area (Å²) in [5, 5.41) is 2.30. The SMILES string of the molecule is CCCCC(Oc1cccc2ccccc12)c1cc(OC)ccc1OC. The van der Waals surface area contributed by atoms with E-state index in [4.69, 9.17) is 14.2 Å². The summed E-state index contributed by atoms with van der Waals surface area (Å²) < 4.78 is 17.5. The van der Waals surface area contributed by atoms with E-state index in [2.05, 4.69) is 25.1 Å². The van der Waals surface area contributed by atoms with Crippen LogP contribution >= 0.6 is 0 Å². The van der Waals surface area contributed by atoms with Gasteiger partial charge in [0.1, 0.15) is 23.4 Å². The summed E-state index contributed by atoms with van der Waals surface area (Å²) in [6.07, 6.45) is 3.02. The van der Waals surface area contributed by atoms with Gasteiger partial charge >= 0.3 is 0 Å². The van der Waals surface area contributed by atoms with Gasteiger partial charge in [-0.05, 0) is 42.5 Å². The fraction of sp³-hybridized carbons (Fsp3) is 0.304. The number of hydrogen-bond acceptors (Lipinski definition) is 3. The van der Waals surface area contributed by atoms with Gasteiger partial charge in [0.25, 0.3) is 0 Å². The van der Waals surface area contributed by atoms with Crippen LogP contribution in [0.1, 0.15) is 37.9 Å². The van der Waals surface area contributed by atoms with Gasteiger partial charge in [-0.3, -0.25) is 0 Å². The minimum absolute atomic E-state index is 0.0918. The van der Waals surface area contributed by atoms with Crippen molar-refractivity contribution in [1.82, 2.24) is 0 Å². The number of fused-ring (bicyclic) bond motifs is 1. The standard InChI is InChI=1S/C23H26O3/c1-4-5-12-23(20-16-18(24-2)14-15-21(20)25-3)26-22-13-8-10-17-9-6-7-11-19(17)22/h6-11,13-16,23H,4-5,12H2,1-3H3. The summed E-state index contributed by atoms with van der Waals surface area (Å²) in [5.41, 5.74) is 1.02. The van der Waals surface area contributed by atoms with Crippen molar-refractivity contribution in [2.24, 2.45) is 0 Å². The lowest BCUT2D eigenvalue weighted by Gasteiger charge is -2.23.